The number of aromatic nitrogens is 1. The fourth-order valence-corrected chi connectivity index (χ4v) is 3.02. The van der Waals surface area contributed by atoms with E-state index in [0.29, 0.717) is 0 Å². The molecule has 0 saturated heterocycles. The Balaban J connectivity index is 2.35. The molecule has 1 unspecified atom stereocenters. The number of amides is 1. The summed E-state index contributed by atoms with van der Waals surface area (Å²) in [5.41, 5.74) is 4.91. The lowest BCUT2D eigenvalue weighted by Gasteiger charge is -2.09. The Morgan fingerprint density at radius 3 is 2.55 bits per heavy atom. The summed E-state index contributed by atoms with van der Waals surface area (Å²) in [4.78, 5) is 21.8. The first-order valence-electron chi connectivity index (χ1n) is 5.99. The Kier molecular flexibility index (Phi) is 3.57. The molecule has 0 bridgehead atoms. The van der Waals surface area contributed by atoms with E-state index in [1.54, 1.807) is 0 Å². The molecule has 1 aromatic rings. The first-order valence-corrected chi connectivity index (χ1v) is 7.47. The molecule has 1 aromatic heterocycles. The molecule has 0 spiro atoms. The third kappa shape index (κ3) is 2.83. The maximum Gasteiger partial charge on any atom is 0.352 e. The zero-order valence-corrected chi connectivity index (χ0v) is 11.6. The van der Waals surface area contributed by atoms with Gasteiger partial charge >= 0.3 is 5.97 Å². The van der Waals surface area contributed by atoms with Gasteiger partial charge in [0.1, 0.15) is 10.6 Å². The number of carbonyl (C=O) groups is 2. The summed E-state index contributed by atoms with van der Waals surface area (Å²) in [6, 6.07) is 0.0348. The van der Waals surface area contributed by atoms with Gasteiger partial charge in [-0.1, -0.05) is 0 Å². The van der Waals surface area contributed by atoms with Crippen LogP contribution in [0, 0.1) is 0 Å². The molecule has 0 aliphatic heterocycles. The van der Waals surface area contributed by atoms with Gasteiger partial charge in [0.25, 0.3) is 0 Å². The van der Waals surface area contributed by atoms with Crippen molar-refractivity contribution in [1.82, 2.24) is 9.29 Å². The zero-order chi connectivity index (χ0) is 15.1. The van der Waals surface area contributed by atoms with Crippen molar-refractivity contribution in [2.45, 2.75) is 36.7 Å². The van der Waals surface area contributed by atoms with Gasteiger partial charge in [-0.3, -0.25) is 4.79 Å². The van der Waals surface area contributed by atoms with Crippen LogP contribution in [0.3, 0.4) is 0 Å². The van der Waals surface area contributed by atoms with Gasteiger partial charge in [-0.2, -0.15) is 4.72 Å². The lowest BCUT2D eigenvalue weighted by molar-refractivity contribution is -0.119. The van der Waals surface area contributed by atoms with Gasteiger partial charge in [-0.15, -0.1) is 0 Å². The van der Waals surface area contributed by atoms with Gasteiger partial charge in [0, 0.05) is 12.2 Å². The SMILES string of the molecule is CC(NS(=O)(=O)c1cc(C(=O)O)n(C2CC2)c1)C(N)=O. The van der Waals surface area contributed by atoms with Crippen LogP contribution in [-0.2, 0) is 14.8 Å². The average Bonchev–Trinajstić information content (AvgIpc) is 3.06. The molecular weight excluding hydrogens is 286 g/mol. The van der Waals surface area contributed by atoms with Crippen molar-refractivity contribution in [1.29, 1.82) is 0 Å². The highest BCUT2D eigenvalue weighted by Gasteiger charge is 2.31. The molecule has 0 radical (unpaired) electrons. The van der Waals surface area contributed by atoms with Crippen molar-refractivity contribution in [3.05, 3.63) is 18.0 Å². The lowest BCUT2D eigenvalue weighted by Crippen LogP contribution is -2.41. The smallest absolute Gasteiger partial charge is 0.352 e. The van der Waals surface area contributed by atoms with Crippen molar-refractivity contribution in [2.24, 2.45) is 5.73 Å². The molecule has 1 aliphatic rings. The Morgan fingerprint density at radius 1 is 1.50 bits per heavy atom. The predicted molar refractivity (Wildman–Crippen MR) is 68.6 cm³/mol. The van der Waals surface area contributed by atoms with Crippen molar-refractivity contribution in [3.8, 4) is 0 Å². The number of carboxylic acids is 1. The van der Waals surface area contributed by atoms with E-state index >= 15 is 0 Å². The van der Waals surface area contributed by atoms with Gasteiger partial charge in [0.15, 0.2) is 0 Å². The first kappa shape index (κ1) is 14.5. The lowest BCUT2D eigenvalue weighted by atomic mass is 10.4. The normalized spacial score (nSPS) is 16.9. The second-order valence-electron chi connectivity index (χ2n) is 4.75. The highest BCUT2D eigenvalue weighted by molar-refractivity contribution is 7.89. The van der Waals surface area contributed by atoms with Gasteiger partial charge < -0.3 is 15.4 Å². The molecule has 110 valence electrons. The van der Waals surface area contributed by atoms with Crippen molar-refractivity contribution >= 4 is 21.9 Å². The van der Waals surface area contributed by atoms with Crippen LogP contribution in [0.15, 0.2) is 17.2 Å². The number of sulfonamides is 1. The average molecular weight is 301 g/mol. The van der Waals surface area contributed by atoms with E-state index in [-0.39, 0.29) is 16.6 Å². The van der Waals surface area contributed by atoms with E-state index in [0.717, 1.165) is 18.9 Å². The maximum absolute atomic E-state index is 12.1. The summed E-state index contributed by atoms with van der Waals surface area (Å²) in [5, 5.41) is 9.08. The second-order valence-corrected chi connectivity index (χ2v) is 6.46. The second kappa shape index (κ2) is 4.91. The fourth-order valence-electron chi connectivity index (χ4n) is 1.79. The number of primary amides is 1. The number of hydrogen-bond donors (Lipinski definition) is 3. The predicted octanol–water partition coefficient (Wildman–Crippen LogP) is -0.327. The van der Waals surface area contributed by atoms with Crippen LogP contribution < -0.4 is 10.5 Å². The molecule has 20 heavy (non-hydrogen) atoms. The molecule has 4 N–H and O–H groups in total. The van der Waals surface area contributed by atoms with E-state index in [1.165, 1.54) is 17.7 Å². The quantitative estimate of drug-likeness (QED) is 0.662. The van der Waals surface area contributed by atoms with Gasteiger partial charge in [0.2, 0.25) is 15.9 Å². The maximum atomic E-state index is 12.1. The molecule has 2 rings (SSSR count). The Bertz CT molecular complexity index is 660. The number of nitrogens with two attached hydrogens (primary N) is 1. The molecule has 1 aliphatic carbocycles. The number of aromatic carboxylic acids is 1. The van der Waals surface area contributed by atoms with Crippen molar-refractivity contribution < 1.29 is 23.1 Å². The Morgan fingerprint density at radius 2 is 2.10 bits per heavy atom. The largest absolute Gasteiger partial charge is 0.477 e. The summed E-state index contributed by atoms with van der Waals surface area (Å²) in [7, 11) is -3.98. The van der Waals surface area contributed by atoms with E-state index in [9.17, 15) is 18.0 Å². The minimum Gasteiger partial charge on any atom is -0.477 e. The van der Waals surface area contributed by atoms with Crippen LogP contribution in [0.4, 0.5) is 0 Å². The van der Waals surface area contributed by atoms with E-state index in [4.69, 9.17) is 10.8 Å². The molecular formula is C11H15N3O5S. The standard InChI is InChI=1S/C11H15N3O5S/c1-6(10(12)15)13-20(18,19)8-4-9(11(16)17)14(5-8)7-2-3-7/h4-7,13H,2-3H2,1H3,(H2,12,15)(H,16,17). The molecule has 0 aromatic carbocycles. The topological polar surface area (TPSA) is 131 Å². The van der Waals surface area contributed by atoms with Crippen molar-refractivity contribution in [2.75, 3.05) is 0 Å². The monoisotopic (exact) mass is 301 g/mol. The molecule has 8 nitrogen and oxygen atoms in total. The number of nitrogens with zero attached hydrogens (tertiary/aromatic N) is 1. The van der Waals surface area contributed by atoms with E-state index in [1.807, 2.05) is 0 Å². The Hall–Kier alpha value is -1.87. The number of rotatable bonds is 6. The van der Waals surface area contributed by atoms with Crippen LogP contribution in [0.2, 0.25) is 0 Å². The summed E-state index contributed by atoms with van der Waals surface area (Å²) >= 11 is 0. The summed E-state index contributed by atoms with van der Waals surface area (Å²) in [6.45, 7) is 1.32. The van der Waals surface area contributed by atoms with Gasteiger partial charge in [-0.05, 0) is 25.8 Å². The van der Waals surface area contributed by atoms with Crippen molar-refractivity contribution in [3.63, 3.8) is 0 Å². The molecule has 1 atom stereocenters. The molecule has 1 heterocycles. The minimum absolute atomic E-state index is 0.0265. The first-order chi connectivity index (χ1) is 9.22. The number of nitrogens with one attached hydrogen (secondary N) is 1. The molecule has 1 saturated carbocycles. The molecule has 1 fully saturated rings. The highest BCUT2D eigenvalue weighted by Crippen LogP contribution is 2.37. The number of carboxylic acid groups (broad SMARTS) is 1. The summed E-state index contributed by atoms with van der Waals surface area (Å²) in [6.07, 6.45) is 2.91. The van der Waals surface area contributed by atoms with Crippen LogP contribution in [-0.4, -0.2) is 36.0 Å². The number of carbonyl (C=O) groups excluding carboxylic acids is 1. The van der Waals surface area contributed by atoms with Crippen LogP contribution >= 0.6 is 0 Å². The Labute approximate surface area is 115 Å². The molecule has 9 heteroatoms. The van der Waals surface area contributed by atoms with Crippen LogP contribution in [0.25, 0.3) is 0 Å². The zero-order valence-electron chi connectivity index (χ0n) is 10.7. The van der Waals surface area contributed by atoms with Crippen LogP contribution in [0.1, 0.15) is 36.3 Å². The van der Waals surface area contributed by atoms with E-state index < -0.39 is 27.9 Å². The third-order valence-corrected chi connectivity index (χ3v) is 4.56. The summed E-state index contributed by atoms with van der Waals surface area (Å²) in [5.74, 6) is -2.00. The minimum atomic E-state index is -3.98. The molecule has 1 amide bonds. The highest BCUT2D eigenvalue weighted by atomic mass is 32.2. The van der Waals surface area contributed by atoms with Gasteiger partial charge in [0.05, 0.1) is 6.04 Å². The fraction of sp³-hybridized carbons (Fsp3) is 0.455. The van der Waals surface area contributed by atoms with E-state index in [2.05, 4.69) is 4.72 Å². The van der Waals surface area contributed by atoms with Crippen LogP contribution in [0.5, 0.6) is 0 Å². The summed E-state index contributed by atoms with van der Waals surface area (Å²) < 4.78 is 27.6. The number of hydrogen-bond acceptors (Lipinski definition) is 4. The third-order valence-electron chi connectivity index (χ3n) is 3.05. The van der Waals surface area contributed by atoms with Gasteiger partial charge in [-0.25, -0.2) is 13.2 Å².